The van der Waals surface area contributed by atoms with Gasteiger partial charge in [0.2, 0.25) is 0 Å². The van der Waals surface area contributed by atoms with Crippen LogP contribution in [0.2, 0.25) is 0 Å². The molecule has 1 aromatic rings. The number of hydrogen-bond acceptors (Lipinski definition) is 3. The zero-order valence-electron chi connectivity index (χ0n) is 6.20. The molecule has 0 unspecified atom stereocenters. The van der Waals surface area contributed by atoms with E-state index >= 15 is 0 Å². The lowest BCUT2D eigenvalue weighted by molar-refractivity contribution is 0.295. The first kappa shape index (κ1) is 7.21. The minimum Gasteiger partial charge on any atom is -0.396 e. The molecule has 0 saturated carbocycles. The molecule has 1 N–H and O–H groups in total. The maximum absolute atomic E-state index is 8.57. The SMILES string of the molecule is Cc1nnc(CCO)n1C. The van der Waals surface area contributed by atoms with Crippen LogP contribution >= 0.6 is 0 Å². The van der Waals surface area contributed by atoms with Crippen molar-refractivity contribution >= 4 is 0 Å². The molecule has 0 aromatic carbocycles. The maximum atomic E-state index is 8.57. The predicted octanol–water partition coefficient (Wildman–Crippen LogP) is -0.342. The van der Waals surface area contributed by atoms with Crippen LogP contribution in [0.5, 0.6) is 0 Å². The van der Waals surface area contributed by atoms with Gasteiger partial charge in [0.25, 0.3) is 0 Å². The van der Waals surface area contributed by atoms with Crippen LogP contribution in [0.3, 0.4) is 0 Å². The second kappa shape index (κ2) is 2.79. The van der Waals surface area contributed by atoms with E-state index in [1.807, 2.05) is 18.5 Å². The van der Waals surface area contributed by atoms with Crippen LogP contribution < -0.4 is 0 Å². The van der Waals surface area contributed by atoms with Crippen molar-refractivity contribution in [1.82, 2.24) is 14.8 Å². The van der Waals surface area contributed by atoms with Gasteiger partial charge in [-0.25, -0.2) is 0 Å². The zero-order chi connectivity index (χ0) is 7.56. The summed E-state index contributed by atoms with van der Waals surface area (Å²) in [6, 6.07) is 0. The molecule has 56 valence electrons. The van der Waals surface area contributed by atoms with Crippen LogP contribution in [0.15, 0.2) is 0 Å². The van der Waals surface area contributed by atoms with Crippen molar-refractivity contribution in [2.45, 2.75) is 13.3 Å². The molecular formula is C6H11N3O. The second-order valence-corrected chi connectivity index (χ2v) is 2.20. The van der Waals surface area contributed by atoms with Crippen molar-refractivity contribution in [1.29, 1.82) is 0 Å². The van der Waals surface area contributed by atoms with E-state index in [4.69, 9.17) is 5.11 Å². The highest BCUT2D eigenvalue weighted by atomic mass is 16.3. The predicted molar refractivity (Wildman–Crippen MR) is 36.5 cm³/mol. The smallest absolute Gasteiger partial charge is 0.135 e. The Morgan fingerprint density at radius 1 is 1.50 bits per heavy atom. The summed E-state index contributed by atoms with van der Waals surface area (Å²) in [6.45, 7) is 2.01. The summed E-state index contributed by atoms with van der Waals surface area (Å²) in [5.41, 5.74) is 0. The monoisotopic (exact) mass is 141 g/mol. The van der Waals surface area contributed by atoms with E-state index in [1.54, 1.807) is 0 Å². The topological polar surface area (TPSA) is 50.9 Å². The fraction of sp³-hybridized carbons (Fsp3) is 0.667. The van der Waals surface area contributed by atoms with E-state index in [0.717, 1.165) is 11.6 Å². The Morgan fingerprint density at radius 3 is 2.60 bits per heavy atom. The van der Waals surface area contributed by atoms with Gasteiger partial charge in [-0.1, -0.05) is 0 Å². The van der Waals surface area contributed by atoms with E-state index in [0.29, 0.717) is 6.42 Å². The third-order valence-corrected chi connectivity index (χ3v) is 1.52. The summed E-state index contributed by atoms with van der Waals surface area (Å²) in [5, 5.41) is 16.3. The molecular weight excluding hydrogens is 130 g/mol. The Balaban J connectivity index is 2.83. The van der Waals surface area contributed by atoms with Crippen molar-refractivity contribution in [3.63, 3.8) is 0 Å². The zero-order valence-corrected chi connectivity index (χ0v) is 6.20. The fourth-order valence-electron chi connectivity index (χ4n) is 0.769. The summed E-state index contributed by atoms with van der Waals surface area (Å²) < 4.78 is 1.87. The van der Waals surface area contributed by atoms with Gasteiger partial charge in [-0.05, 0) is 6.92 Å². The van der Waals surface area contributed by atoms with Crippen molar-refractivity contribution in [2.24, 2.45) is 7.05 Å². The highest BCUT2D eigenvalue weighted by molar-refractivity contribution is 4.92. The van der Waals surface area contributed by atoms with Crippen LogP contribution in [0.25, 0.3) is 0 Å². The Labute approximate surface area is 59.5 Å². The standard InChI is InChI=1S/C6H11N3O/c1-5-7-8-6(3-4-10)9(5)2/h10H,3-4H2,1-2H3. The molecule has 10 heavy (non-hydrogen) atoms. The van der Waals surface area contributed by atoms with Gasteiger partial charge in [0.15, 0.2) is 0 Å². The molecule has 0 amide bonds. The van der Waals surface area contributed by atoms with Gasteiger partial charge in [0.1, 0.15) is 11.6 Å². The van der Waals surface area contributed by atoms with Gasteiger partial charge in [0, 0.05) is 13.5 Å². The minimum atomic E-state index is 0.131. The number of nitrogens with zero attached hydrogens (tertiary/aromatic N) is 3. The van der Waals surface area contributed by atoms with E-state index in [2.05, 4.69) is 10.2 Å². The Morgan fingerprint density at radius 2 is 2.20 bits per heavy atom. The van der Waals surface area contributed by atoms with Gasteiger partial charge in [-0.2, -0.15) is 0 Å². The number of hydrogen-bond donors (Lipinski definition) is 1. The van der Waals surface area contributed by atoms with E-state index < -0.39 is 0 Å². The summed E-state index contributed by atoms with van der Waals surface area (Å²) in [7, 11) is 1.89. The molecule has 1 heterocycles. The number of rotatable bonds is 2. The number of aliphatic hydroxyl groups excluding tert-OH is 1. The summed E-state index contributed by atoms with van der Waals surface area (Å²) in [5.74, 6) is 1.71. The first-order valence-electron chi connectivity index (χ1n) is 3.21. The van der Waals surface area contributed by atoms with E-state index in [-0.39, 0.29) is 6.61 Å². The molecule has 0 fully saturated rings. The highest BCUT2D eigenvalue weighted by Gasteiger charge is 2.01. The third-order valence-electron chi connectivity index (χ3n) is 1.52. The van der Waals surface area contributed by atoms with Crippen LogP contribution in [0, 0.1) is 6.92 Å². The Bertz CT molecular complexity index is 219. The minimum absolute atomic E-state index is 0.131. The third kappa shape index (κ3) is 1.16. The van der Waals surface area contributed by atoms with Crippen LogP contribution in [0.1, 0.15) is 11.6 Å². The first-order valence-corrected chi connectivity index (χ1v) is 3.21. The summed E-state index contributed by atoms with van der Waals surface area (Å²) >= 11 is 0. The highest BCUT2D eigenvalue weighted by Crippen LogP contribution is 1.96. The number of aromatic nitrogens is 3. The van der Waals surface area contributed by atoms with Crippen molar-refractivity contribution in [3.05, 3.63) is 11.6 Å². The molecule has 0 atom stereocenters. The molecule has 0 aliphatic rings. The largest absolute Gasteiger partial charge is 0.396 e. The quantitative estimate of drug-likeness (QED) is 0.613. The van der Waals surface area contributed by atoms with Crippen LogP contribution in [-0.2, 0) is 13.5 Å². The maximum Gasteiger partial charge on any atom is 0.135 e. The molecule has 1 aromatic heterocycles. The molecule has 0 radical (unpaired) electrons. The molecule has 0 aliphatic heterocycles. The average Bonchev–Trinajstić information content (AvgIpc) is 2.20. The van der Waals surface area contributed by atoms with E-state index in [1.165, 1.54) is 0 Å². The fourth-order valence-corrected chi connectivity index (χ4v) is 0.769. The second-order valence-electron chi connectivity index (χ2n) is 2.20. The van der Waals surface area contributed by atoms with Gasteiger partial charge < -0.3 is 9.67 Å². The lowest BCUT2D eigenvalue weighted by Gasteiger charge is -1.96. The Hall–Kier alpha value is -0.900. The van der Waals surface area contributed by atoms with Crippen LogP contribution in [0.4, 0.5) is 0 Å². The van der Waals surface area contributed by atoms with Gasteiger partial charge in [0.05, 0.1) is 6.61 Å². The van der Waals surface area contributed by atoms with Crippen molar-refractivity contribution in [2.75, 3.05) is 6.61 Å². The molecule has 4 nitrogen and oxygen atoms in total. The molecule has 4 heteroatoms. The average molecular weight is 141 g/mol. The first-order chi connectivity index (χ1) is 4.75. The molecule has 0 bridgehead atoms. The molecule has 1 rings (SSSR count). The van der Waals surface area contributed by atoms with Gasteiger partial charge in [-0.15, -0.1) is 10.2 Å². The summed E-state index contributed by atoms with van der Waals surface area (Å²) in [4.78, 5) is 0. The lowest BCUT2D eigenvalue weighted by atomic mass is 10.4. The normalized spacial score (nSPS) is 10.3. The van der Waals surface area contributed by atoms with Gasteiger partial charge >= 0.3 is 0 Å². The molecule has 0 spiro atoms. The molecule has 0 saturated heterocycles. The van der Waals surface area contributed by atoms with Crippen molar-refractivity contribution < 1.29 is 5.11 Å². The lowest BCUT2D eigenvalue weighted by Crippen LogP contribution is -2.01. The van der Waals surface area contributed by atoms with Crippen LogP contribution in [-0.4, -0.2) is 26.5 Å². The van der Waals surface area contributed by atoms with Gasteiger partial charge in [-0.3, -0.25) is 0 Å². The van der Waals surface area contributed by atoms with Crippen molar-refractivity contribution in [3.8, 4) is 0 Å². The van der Waals surface area contributed by atoms with E-state index in [9.17, 15) is 0 Å². The number of aryl methyl sites for hydroxylation is 1. The Kier molecular flexibility index (Phi) is 2.01. The number of aliphatic hydroxyl groups is 1. The summed E-state index contributed by atoms with van der Waals surface area (Å²) in [6.07, 6.45) is 0.581. The molecule has 0 aliphatic carbocycles.